The van der Waals surface area contributed by atoms with Crippen LogP contribution >= 0.6 is 0 Å². The van der Waals surface area contributed by atoms with Crippen LogP contribution in [0.2, 0.25) is 0 Å². The molecule has 0 radical (unpaired) electrons. The normalized spacial score (nSPS) is 30.3. The van der Waals surface area contributed by atoms with E-state index in [4.69, 9.17) is 0 Å². The summed E-state index contributed by atoms with van der Waals surface area (Å²) in [5, 5.41) is 0. The second kappa shape index (κ2) is 8.49. The quantitative estimate of drug-likeness (QED) is 0.362. The van der Waals surface area contributed by atoms with Crippen LogP contribution in [0.5, 0.6) is 0 Å². The molecule has 2 fully saturated rings. The molecule has 0 bridgehead atoms. The summed E-state index contributed by atoms with van der Waals surface area (Å²) in [7, 11) is 0. The molecule has 2 unspecified atom stereocenters. The third-order valence-corrected chi connectivity index (χ3v) is 7.10. The van der Waals surface area contributed by atoms with E-state index in [0.29, 0.717) is 18.8 Å². The number of halogens is 4. The predicted molar refractivity (Wildman–Crippen MR) is 107 cm³/mol. The zero-order valence-electron chi connectivity index (χ0n) is 16.8. The second-order valence-corrected chi connectivity index (χ2v) is 9.05. The summed E-state index contributed by atoms with van der Waals surface area (Å²) < 4.78 is 55.2. The fraction of sp³-hybridized carbons (Fsp3) is 0.520. The Labute approximate surface area is 170 Å². The Morgan fingerprint density at radius 3 is 1.76 bits per heavy atom. The minimum Gasteiger partial charge on any atom is -0.247 e. The standard InChI is InChI=1S/C25H28F4/c1-15-2-4-16(5-3-15)17-6-8-18(9-7-17)19-10-11-21(22(26)12-19)20-13-23(27)25(29)24(28)14-20/h6-9,13-16,19,21-22H,2-5,10-12H2,1H3/t15?,16?,19?,21?,22-/m1/s1. The van der Waals surface area contributed by atoms with Gasteiger partial charge in [0.15, 0.2) is 17.5 Å². The Morgan fingerprint density at radius 1 is 0.690 bits per heavy atom. The van der Waals surface area contributed by atoms with Gasteiger partial charge in [-0.1, -0.05) is 44.0 Å². The number of hydrogen-bond acceptors (Lipinski definition) is 0. The van der Waals surface area contributed by atoms with Crippen molar-refractivity contribution in [3.05, 3.63) is 70.5 Å². The first-order valence-electron chi connectivity index (χ1n) is 10.8. The average molecular weight is 404 g/mol. The lowest BCUT2D eigenvalue weighted by Crippen LogP contribution is -2.24. The Hall–Kier alpha value is -1.84. The highest BCUT2D eigenvalue weighted by Gasteiger charge is 2.33. The van der Waals surface area contributed by atoms with Gasteiger partial charge in [0.05, 0.1) is 0 Å². The van der Waals surface area contributed by atoms with Crippen molar-refractivity contribution in [2.75, 3.05) is 0 Å². The third-order valence-electron chi connectivity index (χ3n) is 7.10. The van der Waals surface area contributed by atoms with Gasteiger partial charge in [-0.2, -0.15) is 0 Å². The van der Waals surface area contributed by atoms with E-state index < -0.39 is 29.5 Å². The molecule has 0 spiro atoms. The summed E-state index contributed by atoms with van der Waals surface area (Å²) in [6.45, 7) is 2.32. The zero-order chi connectivity index (χ0) is 20.5. The topological polar surface area (TPSA) is 0 Å². The number of hydrogen-bond donors (Lipinski definition) is 0. The maximum Gasteiger partial charge on any atom is 0.194 e. The number of rotatable bonds is 3. The van der Waals surface area contributed by atoms with Crippen molar-refractivity contribution >= 4 is 0 Å². The lowest BCUT2D eigenvalue weighted by Gasteiger charge is -2.32. The smallest absolute Gasteiger partial charge is 0.194 e. The molecule has 0 nitrogen and oxygen atoms in total. The molecule has 2 aromatic rings. The molecule has 2 aromatic carbocycles. The molecule has 4 rings (SSSR count). The molecule has 0 heterocycles. The van der Waals surface area contributed by atoms with Crippen molar-refractivity contribution < 1.29 is 17.6 Å². The van der Waals surface area contributed by atoms with Gasteiger partial charge in [0, 0.05) is 5.92 Å². The van der Waals surface area contributed by atoms with E-state index in [1.165, 1.54) is 31.2 Å². The average Bonchev–Trinajstić information content (AvgIpc) is 2.72. The third kappa shape index (κ3) is 4.36. The van der Waals surface area contributed by atoms with Gasteiger partial charge in [0.2, 0.25) is 0 Å². The summed E-state index contributed by atoms with van der Waals surface area (Å²) in [5.74, 6) is -3.01. The molecule has 4 heteroatoms. The van der Waals surface area contributed by atoms with Gasteiger partial charge in [-0.15, -0.1) is 0 Å². The van der Waals surface area contributed by atoms with E-state index in [0.717, 1.165) is 30.0 Å². The molecule has 156 valence electrons. The van der Waals surface area contributed by atoms with Crippen LogP contribution < -0.4 is 0 Å². The van der Waals surface area contributed by atoms with E-state index in [2.05, 4.69) is 31.2 Å². The van der Waals surface area contributed by atoms with E-state index in [-0.39, 0.29) is 11.5 Å². The summed E-state index contributed by atoms with van der Waals surface area (Å²) >= 11 is 0. The van der Waals surface area contributed by atoms with Gasteiger partial charge < -0.3 is 0 Å². The second-order valence-electron chi connectivity index (χ2n) is 9.05. The monoisotopic (exact) mass is 404 g/mol. The first-order chi connectivity index (χ1) is 13.9. The van der Waals surface area contributed by atoms with Gasteiger partial charge in [0.1, 0.15) is 6.17 Å². The molecule has 2 aliphatic carbocycles. The minimum absolute atomic E-state index is 0.108. The highest BCUT2D eigenvalue weighted by atomic mass is 19.2. The predicted octanol–water partition coefficient (Wildman–Crippen LogP) is 7.79. The Balaban J connectivity index is 1.42. The summed E-state index contributed by atoms with van der Waals surface area (Å²) in [6.07, 6.45) is 5.43. The van der Waals surface area contributed by atoms with Crippen molar-refractivity contribution in [2.45, 2.75) is 75.8 Å². The van der Waals surface area contributed by atoms with Gasteiger partial charge in [-0.05, 0) is 78.7 Å². The molecule has 0 saturated heterocycles. The van der Waals surface area contributed by atoms with E-state index >= 15 is 0 Å². The summed E-state index contributed by atoms with van der Waals surface area (Å²) in [4.78, 5) is 0. The Kier molecular flexibility index (Phi) is 5.98. The van der Waals surface area contributed by atoms with Crippen LogP contribution in [0.1, 0.15) is 86.3 Å². The van der Waals surface area contributed by atoms with E-state index in [9.17, 15) is 17.6 Å². The summed E-state index contributed by atoms with van der Waals surface area (Å²) in [6, 6.07) is 10.5. The SMILES string of the molecule is CC1CCC(c2ccc(C3CCC(c4cc(F)c(F)c(F)c4)[C@H](F)C3)cc2)CC1. The van der Waals surface area contributed by atoms with Gasteiger partial charge in [-0.25, -0.2) is 17.6 Å². The lowest BCUT2D eigenvalue weighted by molar-refractivity contribution is 0.198. The molecular formula is C25H28F4. The van der Waals surface area contributed by atoms with Crippen LogP contribution in [-0.4, -0.2) is 6.17 Å². The number of benzene rings is 2. The van der Waals surface area contributed by atoms with Gasteiger partial charge >= 0.3 is 0 Å². The first-order valence-corrected chi connectivity index (χ1v) is 10.8. The maximum atomic E-state index is 14.9. The zero-order valence-corrected chi connectivity index (χ0v) is 16.8. The Bertz CT molecular complexity index is 813. The van der Waals surface area contributed by atoms with Crippen LogP contribution in [0.15, 0.2) is 36.4 Å². The molecule has 0 N–H and O–H groups in total. The highest BCUT2D eigenvalue weighted by molar-refractivity contribution is 5.30. The molecule has 0 aromatic heterocycles. The largest absolute Gasteiger partial charge is 0.247 e. The van der Waals surface area contributed by atoms with Gasteiger partial charge in [-0.3, -0.25) is 0 Å². The number of alkyl halides is 1. The fourth-order valence-corrected chi connectivity index (χ4v) is 5.22. The molecule has 2 saturated carbocycles. The molecule has 0 aliphatic heterocycles. The van der Waals surface area contributed by atoms with Crippen LogP contribution in [0.4, 0.5) is 17.6 Å². The van der Waals surface area contributed by atoms with Crippen LogP contribution in [-0.2, 0) is 0 Å². The van der Waals surface area contributed by atoms with E-state index in [1.54, 1.807) is 0 Å². The highest BCUT2D eigenvalue weighted by Crippen LogP contribution is 2.43. The lowest BCUT2D eigenvalue weighted by atomic mass is 9.74. The molecule has 29 heavy (non-hydrogen) atoms. The van der Waals surface area contributed by atoms with Crippen LogP contribution in [0, 0.1) is 23.4 Å². The fourth-order valence-electron chi connectivity index (χ4n) is 5.22. The van der Waals surface area contributed by atoms with Crippen molar-refractivity contribution in [1.29, 1.82) is 0 Å². The molecule has 0 amide bonds. The van der Waals surface area contributed by atoms with Crippen LogP contribution in [0.3, 0.4) is 0 Å². The van der Waals surface area contributed by atoms with Crippen molar-refractivity contribution in [3.63, 3.8) is 0 Å². The summed E-state index contributed by atoms with van der Waals surface area (Å²) in [5.41, 5.74) is 2.73. The molecule has 2 aliphatic rings. The van der Waals surface area contributed by atoms with Crippen molar-refractivity contribution in [1.82, 2.24) is 0 Å². The van der Waals surface area contributed by atoms with E-state index in [1.807, 2.05) is 0 Å². The van der Waals surface area contributed by atoms with Crippen molar-refractivity contribution in [2.24, 2.45) is 5.92 Å². The van der Waals surface area contributed by atoms with Gasteiger partial charge in [0.25, 0.3) is 0 Å². The molecular weight excluding hydrogens is 376 g/mol. The Morgan fingerprint density at radius 2 is 1.21 bits per heavy atom. The minimum atomic E-state index is -1.50. The van der Waals surface area contributed by atoms with Crippen LogP contribution in [0.25, 0.3) is 0 Å². The molecule has 3 atom stereocenters. The maximum absolute atomic E-state index is 14.9. The van der Waals surface area contributed by atoms with Crippen molar-refractivity contribution in [3.8, 4) is 0 Å². The first kappa shape index (κ1) is 20.4.